The van der Waals surface area contributed by atoms with Gasteiger partial charge >= 0.3 is 0 Å². The van der Waals surface area contributed by atoms with Crippen molar-refractivity contribution in [2.45, 2.75) is 45.2 Å². The van der Waals surface area contributed by atoms with Crippen LogP contribution in [0.15, 0.2) is 22.7 Å². The van der Waals surface area contributed by atoms with Crippen molar-refractivity contribution in [1.29, 1.82) is 0 Å². The molecule has 0 bridgehead atoms. The van der Waals surface area contributed by atoms with Gasteiger partial charge < -0.3 is 5.32 Å². The molecular weight excluding hydrogens is 331 g/mol. The van der Waals surface area contributed by atoms with Crippen molar-refractivity contribution in [2.75, 3.05) is 20.1 Å². The zero-order valence-electron chi connectivity index (χ0n) is 13.2. The van der Waals surface area contributed by atoms with E-state index in [2.05, 4.69) is 40.0 Å². The summed E-state index contributed by atoms with van der Waals surface area (Å²) in [6.45, 7) is 6.42. The van der Waals surface area contributed by atoms with Crippen LogP contribution in [0, 0.1) is 11.7 Å². The second kappa shape index (κ2) is 7.70. The first kappa shape index (κ1) is 16.9. The highest BCUT2D eigenvalue weighted by Gasteiger charge is 2.33. The third-order valence-corrected chi connectivity index (χ3v) is 4.95. The maximum absolute atomic E-state index is 14.5. The van der Waals surface area contributed by atoms with E-state index in [1.807, 2.05) is 19.2 Å². The molecule has 1 aliphatic heterocycles. The van der Waals surface area contributed by atoms with Crippen LogP contribution in [0.2, 0.25) is 0 Å². The summed E-state index contributed by atoms with van der Waals surface area (Å²) in [6.07, 6.45) is 3.58. The first-order valence-corrected chi connectivity index (χ1v) is 8.69. The highest BCUT2D eigenvalue weighted by atomic mass is 79.9. The minimum absolute atomic E-state index is 0.0944. The van der Waals surface area contributed by atoms with Gasteiger partial charge in [-0.3, -0.25) is 4.90 Å². The monoisotopic (exact) mass is 356 g/mol. The number of nitrogens with zero attached hydrogens (tertiary/aromatic N) is 1. The molecule has 4 heteroatoms. The van der Waals surface area contributed by atoms with Crippen LogP contribution in [0.4, 0.5) is 4.39 Å². The van der Waals surface area contributed by atoms with Gasteiger partial charge in [0.2, 0.25) is 0 Å². The first-order valence-electron chi connectivity index (χ1n) is 7.90. The number of hydrogen-bond donors (Lipinski definition) is 1. The van der Waals surface area contributed by atoms with Crippen LogP contribution in [0.3, 0.4) is 0 Å². The van der Waals surface area contributed by atoms with Crippen LogP contribution in [-0.2, 0) is 0 Å². The molecule has 118 valence electrons. The van der Waals surface area contributed by atoms with E-state index >= 15 is 0 Å². The van der Waals surface area contributed by atoms with E-state index in [0.29, 0.717) is 12.0 Å². The van der Waals surface area contributed by atoms with Gasteiger partial charge in [-0.15, -0.1) is 0 Å². The minimum Gasteiger partial charge on any atom is -0.319 e. The Balaban J connectivity index is 2.42. The third-order valence-electron chi connectivity index (χ3n) is 4.46. The van der Waals surface area contributed by atoms with E-state index in [0.717, 1.165) is 29.5 Å². The standard InChI is InChI=1S/C17H26BrFN2/c1-12(2)21-9-5-4-6-13(11-20-3)17(21)15-8-7-14(18)10-16(15)19/h7-8,10,12-13,17,20H,4-6,9,11H2,1-3H3. The lowest BCUT2D eigenvalue weighted by molar-refractivity contribution is 0.115. The van der Waals surface area contributed by atoms with Crippen LogP contribution >= 0.6 is 15.9 Å². The Kier molecular flexibility index (Phi) is 6.20. The molecule has 1 fully saturated rings. The summed E-state index contributed by atoms with van der Waals surface area (Å²) in [4.78, 5) is 2.47. The molecule has 1 aliphatic rings. The Bertz CT molecular complexity index is 464. The van der Waals surface area contributed by atoms with E-state index in [1.165, 1.54) is 12.8 Å². The lowest BCUT2D eigenvalue weighted by atomic mass is 9.88. The summed E-state index contributed by atoms with van der Waals surface area (Å²) in [5.41, 5.74) is 0.842. The van der Waals surface area contributed by atoms with Crippen LogP contribution in [0.1, 0.15) is 44.7 Å². The fourth-order valence-electron chi connectivity index (χ4n) is 3.50. The van der Waals surface area contributed by atoms with Gasteiger partial charge in [0.15, 0.2) is 0 Å². The third kappa shape index (κ3) is 4.05. The molecular formula is C17H26BrFN2. The molecule has 0 radical (unpaired) electrons. The molecule has 21 heavy (non-hydrogen) atoms. The molecule has 2 rings (SSSR count). The molecule has 0 aliphatic carbocycles. The van der Waals surface area contributed by atoms with Crippen molar-refractivity contribution in [1.82, 2.24) is 10.2 Å². The molecule has 0 aromatic heterocycles. The van der Waals surface area contributed by atoms with Gasteiger partial charge in [0, 0.05) is 22.1 Å². The molecule has 0 saturated carbocycles. The molecule has 1 aromatic rings. The SMILES string of the molecule is CNCC1CCCCN(C(C)C)C1c1ccc(Br)cc1F. The summed E-state index contributed by atoms with van der Waals surface area (Å²) in [5.74, 6) is 0.360. The first-order chi connectivity index (χ1) is 10.0. The largest absolute Gasteiger partial charge is 0.319 e. The average molecular weight is 357 g/mol. The molecule has 0 spiro atoms. The predicted molar refractivity (Wildman–Crippen MR) is 90.0 cm³/mol. The molecule has 2 unspecified atom stereocenters. The minimum atomic E-state index is -0.0944. The smallest absolute Gasteiger partial charge is 0.129 e. The number of rotatable bonds is 4. The van der Waals surface area contributed by atoms with Crippen LogP contribution in [0.25, 0.3) is 0 Å². The number of hydrogen-bond acceptors (Lipinski definition) is 2. The normalized spacial score (nSPS) is 24.3. The van der Waals surface area contributed by atoms with Gasteiger partial charge in [-0.25, -0.2) is 4.39 Å². The zero-order chi connectivity index (χ0) is 15.4. The van der Waals surface area contributed by atoms with Crippen molar-refractivity contribution in [3.63, 3.8) is 0 Å². The van der Waals surface area contributed by atoms with Crippen LogP contribution in [-0.4, -0.2) is 31.1 Å². The molecule has 1 saturated heterocycles. The summed E-state index contributed by atoms with van der Waals surface area (Å²) < 4.78 is 15.3. The Labute approximate surface area is 136 Å². The van der Waals surface area contributed by atoms with E-state index in [9.17, 15) is 4.39 Å². The molecule has 1 N–H and O–H groups in total. The van der Waals surface area contributed by atoms with Crippen LogP contribution in [0.5, 0.6) is 0 Å². The molecule has 2 atom stereocenters. The van der Waals surface area contributed by atoms with Gasteiger partial charge in [0.25, 0.3) is 0 Å². The fraction of sp³-hybridized carbons (Fsp3) is 0.647. The van der Waals surface area contributed by atoms with Gasteiger partial charge in [-0.1, -0.05) is 28.4 Å². The number of nitrogens with one attached hydrogen (secondary N) is 1. The van der Waals surface area contributed by atoms with Crippen molar-refractivity contribution >= 4 is 15.9 Å². The highest BCUT2D eigenvalue weighted by Crippen LogP contribution is 2.37. The van der Waals surface area contributed by atoms with E-state index in [-0.39, 0.29) is 11.9 Å². The number of halogens is 2. The van der Waals surface area contributed by atoms with Gasteiger partial charge in [0.05, 0.1) is 0 Å². The van der Waals surface area contributed by atoms with Crippen molar-refractivity contribution < 1.29 is 4.39 Å². The quantitative estimate of drug-likeness (QED) is 0.861. The number of likely N-dealkylation sites (tertiary alicyclic amines) is 1. The summed E-state index contributed by atoms with van der Waals surface area (Å²) >= 11 is 3.36. The topological polar surface area (TPSA) is 15.3 Å². The Morgan fingerprint density at radius 1 is 1.38 bits per heavy atom. The Hall–Kier alpha value is -0.450. The van der Waals surface area contributed by atoms with Crippen molar-refractivity contribution in [2.24, 2.45) is 5.92 Å². The Morgan fingerprint density at radius 2 is 2.14 bits per heavy atom. The molecule has 1 heterocycles. The van der Waals surface area contributed by atoms with Gasteiger partial charge in [-0.2, -0.15) is 0 Å². The maximum Gasteiger partial charge on any atom is 0.129 e. The zero-order valence-corrected chi connectivity index (χ0v) is 14.8. The van der Waals surface area contributed by atoms with Crippen molar-refractivity contribution in [3.05, 3.63) is 34.1 Å². The summed E-state index contributed by atoms with van der Waals surface area (Å²) in [6, 6.07) is 6.09. The van der Waals surface area contributed by atoms with E-state index < -0.39 is 0 Å². The highest BCUT2D eigenvalue weighted by molar-refractivity contribution is 9.10. The fourth-order valence-corrected chi connectivity index (χ4v) is 3.83. The molecule has 0 amide bonds. The molecule has 2 nitrogen and oxygen atoms in total. The maximum atomic E-state index is 14.5. The lowest BCUT2D eigenvalue weighted by Gasteiger charge is -2.38. The van der Waals surface area contributed by atoms with Crippen molar-refractivity contribution in [3.8, 4) is 0 Å². The second-order valence-electron chi connectivity index (χ2n) is 6.26. The summed E-state index contributed by atoms with van der Waals surface area (Å²) in [5, 5.41) is 3.30. The second-order valence-corrected chi connectivity index (χ2v) is 7.17. The van der Waals surface area contributed by atoms with Gasteiger partial charge in [0.1, 0.15) is 5.82 Å². The van der Waals surface area contributed by atoms with Crippen LogP contribution < -0.4 is 5.32 Å². The molecule has 1 aromatic carbocycles. The number of benzene rings is 1. The van der Waals surface area contributed by atoms with E-state index in [1.54, 1.807) is 6.07 Å². The summed E-state index contributed by atoms with van der Waals surface area (Å²) in [7, 11) is 1.99. The predicted octanol–water partition coefficient (Wildman–Crippen LogP) is 4.36. The lowest BCUT2D eigenvalue weighted by Crippen LogP contribution is -2.40. The van der Waals surface area contributed by atoms with Gasteiger partial charge in [-0.05, 0) is 64.9 Å². The van der Waals surface area contributed by atoms with E-state index in [4.69, 9.17) is 0 Å². The Morgan fingerprint density at radius 3 is 2.76 bits per heavy atom. The average Bonchev–Trinajstić information content (AvgIpc) is 2.62.